The van der Waals surface area contributed by atoms with E-state index in [-0.39, 0.29) is 11.8 Å². The van der Waals surface area contributed by atoms with E-state index in [0.29, 0.717) is 18.8 Å². The minimum Gasteiger partial charge on any atom is -0.494 e. The fourth-order valence-corrected chi connectivity index (χ4v) is 3.25. The molecule has 4 nitrogen and oxygen atoms in total. The van der Waals surface area contributed by atoms with E-state index in [2.05, 4.69) is 5.32 Å². The SMILES string of the molecule is O=C(c1ccccc1)C(OCCCOc1ccccc1)C1CCCCN1. The molecule has 26 heavy (non-hydrogen) atoms. The van der Waals surface area contributed by atoms with Crippen LogP contribution in [0.5, 0.6) is 5.75 Å². The number of Topliss-reactive ketones (excluding diaryl/α,β-unsaturated/α-hetero) is 1. The van der Waals surface area contributed by atoms with Gasteiger partial charge in [-0.1, -0.05) is 55.0 Å². The van der Waals surface area contributed by atoms with Gasteiger partial charge in [-0.05, 0) is 31.5 Å². The third kappa shape index (κ3) is 5.41. The molecule has 0 amide bonds. The molecular weight excluding hydrogens is 326 g/mol. The van der Waals surface area contributed by atoms with Gasteiger partial charge >= 0.3 is 0 Å². The molecule has 0 aromatic heterocycles. The highest BCUT2D eigenvalue weighted by Gasteiger charge is 2.30. The molecule has 1 saturated heterocycles. The lowest BCUT2D eigenvalue weighted by Gasteiger charge is -2.30. The number of rotatable bonds is 9. The van der Waals surface area contributed by atoms with E-state index in [9.17, 15) is 4.79 Å². The molecule has 3 rings (SSSR count). The fourth-order valence-electron chi connectivity index (χ4n) is 3.25. The van der Waals surface area contributed by atoms with Crippen molar-refractivity contribution in [1.29, 1.82) is 0 Å². The molecule has 1 N–H and O–H groups in total. The van der Waals surface area contributed by atoms with Crippen LogP contribution in [0, 0.1) is 0 Å². The van der Waals surface area contributed by atoms with Crippen LogP contribution in [-0.4, -0.2) is 37.7 Å². The van der Waals surface area contributed by atoms with Crippen molar-refractivity contribution < 1.29 is 14.3 Å². The minimum atomic E-state index is -0.436. The zero-order valence-corrected chi connectivity index (χ0v) is 15.1. The van der Waals surface area contributed by atoms with Crippen molar-refractivity contribution in [3.8, 4) is 5.75 Å². The number of hydrogen-bond acceptors (Lipinski definition) is 4. The van der Waals surface area contributed by atoms with Crippen LogP contribution in [0.15, 0.2) is 60.7 Å². The Bertz CT molecular complexity index is 654. The minimum absolute atomic E-state index is 0.0639. The number of nitrogens with one attached hydrogen (secondary N) is 1. The molecule has 2 unspecified atom stereocenters. The molecule has 0 radical (unpaired) electrons. The lowest BCUT2D eigenvalue weighted by Crippen LogP contribution is -2.48. The monoisotopic (exact) mass is 353 g/mol. The molecule has 1 aliphatic rings. The smallest absolute Gasteiger partial charge is 0.193 e. The molecule has 1 fully saturated rings. The number of benzene rings is 2. The van der Waals surface area contributed by atoms with E-state index < -0.39 is 6.10 Å². The fraction of sp³-hybridized carbons (Fsp3) is 0.409. The number of para-hydroxylation sites is 1. The molecule has 0 saturated carbocycles. The van der Waals surface area contributed by atoms with Crippen LogP contribution in [0.2, 0.25) is 0 Å². The van der Waals surface area contributed by atoms with Crippen molar-refractivity contribution in [3.05, 3.63) is 66.2 Å². The van der Waals surface area contributed by atoms with E-state index in [1.807, 2.05) is 60.7 Å². The van der Waals surface area contributed by atoms with E-state index in [0.717, 1.165) is 38.0 Å². The Labute approximate surface area is 155 Å². The molecule has 1 aliphatic heterocycles. The Kier molecular flexibility index (Phi) is 7.23. The molecule has 2 aromatic rings. The molecule has 4 heteroatoms. The molecule has 2 aromatic carbocycles. The van der Waals surface area contributed by atoms with E-state index in [1.54, 1.807) is 0 Å². The summed E-state index contributed by atoms with van der Waals surface area (Å²) < 4.78 is 11.7. The van der Waals surface area contributed by atoms with E-state index in [1.165, 1.54) is 0 Å². The summed E-state index contributed by atoms with van der Waals surface area (Å²) in [7, 11) is 0. The first-order valence-electron chi connectivity index (χ1n) is 9.47. The summed E-state index contributed by atoms with van der Waals surface area (Å²) in [5, 5.41) is 3.46. The molecule has 1 heterocycles. The first kappa shape index (κ1) is 18.6. The van der Waals surface area contributed by atoms with Crippen molar-refractivity contribution in [2.24, 2.45) is 0 Å². The van der Waals surface area contributed by atoms with Crippen LogP contribution in [0.3, 0.4) is 0 Å². The second-order valence-corrected chi connectivity index (χ2v) is 6.59. The maximum absolute atomic E-state index is 12.9. The van der Waals surface area contributed by atoms with E-state index >= 15 is 0 Å². The molecule has 2 atom stereocenters. The Morgan fingerprint density at radius 3 is 2.42 bits per heavy atom. The van der Waals surface area contributed by atoms with Crippen molar-refractivity contribution >= 4 is 5.78 Å². The Hall–Kier alpha value is -2.17. The van der Waals surface area contributed by atoms with Crippen molar-refractivity contribution in [2.75, 3.05) is 19.8 Å². The zero-order valence-electron chi connectivity index (χ0n) is 15.1. The van der Waals surface area contributed by atoms with Crippen molar-refractivity contribution in [1.82, 2.24) is 5.32 Å². The van der Waals surface area contributed by atoms with Gasteiger partial charge in [0, 0.05) is 18.0 Å². The topological polar surface area (TPSA) is 47.6 Å². The molecule has 0 bridgehead atoms. The van der Waals surface area contributed by atoms with Crippen molar-refractivity contribution in [3.63, 3.8) is 0 Å². The largest absolute Gasteiger partial charge is 0.494 e. The average molecular weight is 353 g/mol. The van der Waals surface area contributed by atoms with Gasteiger partial charge in [-0.2, -0.15) is 0 Å². The summed E-state index contributed by atoms with van der Waals surface area (Å²) in [6, 6.07) is 19.3. The Morgan fingerprint density at radius 1 is 1.00 bits per heavy atom. The van der Waals surface area contributed by atoms with Crippen LogP contribution in [0.4, 0.5) is 0 Å². The van der Waals surface area contributed by atoms with Crippen LogP contribution >= 0.6 is 0 Å². The Morgan fingerprint density at radius 2 is 1.73 bits per heavy atom. The van der Waals surface area contributed by atoms with Crippen LogP contribution in [0.1, 0.15) is 36.0 Å². The van der Waals surface area contributed by atoms with Crippen LogP contribution < -0.4 is 10.1 Å². The van der Waals surface area contributed by atoms with E-state index in [4.69, 9.17) is 9.47 Å². The van der Waals surface area contributed by atoms with Gasteiger partial charge in [-0.25, -0.2) is 0 Å². The molecule has 0 spiro atoms. The van der Waals surface area contributed by atoms with Gasteiger partial charge in [0.15, 0.2) is 5.78 Å². The van der Waals surface area contributed by atoms with Crippen molar-refractivity contribution in [2.45, 2.75) is 37.8 Å². The van der Waals surface area contributed by atoms with Crippen LogP contribution in [0.25, 0.3) is 0 Å². The predicted octanol–water partition coefficient (Wildman–Crippen LogP) is 3.87. The number of carbonyl (C=O) groups excluding carboxylic acids is 1. The van der Waals surface area contributed by atoms with Gasteiger partial charge in [-0.3, -0.25) is 4.79 Å². The lowest BCUT2D eigenvalue weighted by atomic mass is 9.94. The van der Waals surface area contributed by atoms with Gasteiger partial charge in [0.2, 0.25) is 0 Å². The number of ketones is 1. The number of hydrogen-bond donors (Lipinski definition) is 1. The third-order valence-corrected chi connectivity index (χ3v) is 4.63. The standard InChI is InChI=1S/C22H27NO3/c24-21(18-10-3-1-4-11-18)22(20-14-7-8-15-23-20)26-17-9-16-25-19-12-5-2-6-13-19/h1-6,10-13,20,22-23H,7-9,14-17H2. The van der Waals surface area contributed by atoms with Crippen LogP contribution in [-0.2, 0) is 4.74 Å². The van der Waals surface area contributed by atoms with Gasteiger partial charge in [-0.15, -0.1) is 0 Å². The summed E-state index contributed by atoms with van der Waals surface area (Å²) in [6.07, 6.45) is 3.59. The van der Waals surface area contributed by atoms with Gasteiger partial charge in [0.1, 0.15) is 11.9 Å². The normalized spacial score (nSPS) is 18.2. The highest BCUT2D eigenvalue weighted by Crippen LogP contribution is 2.18. The summed E-state index contributed by atoms with van der Waals surface area (Å²) >= 11 is 0. The molecule has 0 aliphatic carbocycles. The highest BCUT2D eigenvalue weighted by molar-refractivity contribution is 6.00. The number of carbonyl (C=O) groups is 1. The zero-order chi connectivity index (χ0) is 18.0. The highest BCUT2D eigenvalue weighted by atomic mass is 16.5. The lowest BCUT2D eigenvalue weighted by molar-refractivity contribution is 0.0171. The summed E-state index contributed by atoms with van der Waals surface area (Å²) in [4.78, 5) is 12.9. The Balaban J connectivity index is 1.52. The third-order valence-electron chi connectivity index (χ3n) is 4.63. The second kappa shape index (κ2) is 10.1. The molecular formula is C22H27NO3. The second-order valence-electron chi connectivity index (χ2n) is 6.59. The predicted molar refractivity (Wildman–Crippen MR) is 103 cm³/mol. The summed E-state index contributed by atoms with van der Waals surface area (Å²) in [5.74, 6) is 0.923. The average Bonchev–Trinajstić information content (AvgIpc) is 2.72. The first-order valence-corrected chi connectivity index (χ1v) is 9.47. The maximum atomic E-state index is 12.9. The number of ether oxygens (including phenoxy) is 2. The first-order chi connectivity index (χ1) is 12.8. The van der Waals surface area contributed by atoms with Gasteiger partial charge in [0.05, 0.1) is 13.2 Å². The summed E-state index contributed by atoms with van der Waals surface area (Å²) in [6.45, 7) is 2.03. The van der Waals surface area contributed by atoms with Gasteiger partial charge in [0.25, 0.3) is 0 Å². The van der Waals surface area contributed by atoms with Gasteiger partial charge < -0.3 is 14.8 Å². The quantitative estimate of drug-likeness (QED) is 0.549. The maximum Gasteiger partial charge on any atom is 0.193 e. The number of piperidine rings is 1. The summed E-state index contributed by atoms with van der Waals surface area (Å²) in [5.41, 5.74) is 0.713. The molecule has 138 valence electrons.